The summed E-state index contributed by atoms with van der Waals surface area (Å²) >= 11 is 6.07. The van der Waals surface area contributed by atoms with Crippen molar-refractivity contribution in [3.05, 3.63) is 87.4 Å². The summed E-state index contributed by atoms with van der Waals surface area (Å²) < 4.78 is 19.3. The van der Waals surface area contributed by atoms with Crippen LogP contribution in [0.3, 0.4) is 0 Å². The van der Waals surface area contributed by atoms with Crippen molar-refractivity contribution in [3.63, 3.8) is 0 Å². The van der Waals surface area contributed by atoms with Crippen molar-refractivity contribution in [2.45, 2.75) is 13.1 Å². The van der Waals surface area contributed by atoms with Gasteiger partial charge in [-0.05, 0) is 42.0 Å². The van der Waals surface area contributed by atoms with Crippen LogP contribution in [-0.4, -0.2) is 25.8 Å². The first kappa shape index (κ1) is 20.4. The van der Waals surface area contributed by atoms with E-state index in [4.69, 9.17) is 16.1 Å². The third kappa shape index (κ3) is 4.84. The van der Waals surface area contributed by atoms with Crippen LogP contribution in [0.5, 0.6) is 0 Å². The molecule has 0 spiro atoms. The highest BCUT2D eigenvalue weighted by atomic mass is 35.5. The molecule has 2 aromatic heterocycles. The second kappa shape index (κ2) is 8.88. The molecule has 2 aromatic carbocycles. The lowest BCUT2D eigenvalue weighted by Gasteiger charge is -2.08. The minimum Gasteiger partial charge on any atom is -0.350 e. The molecule has 31 heavy (non-hydrogen) atoms. The number of amides is 1. The number of halogens is 2. The molecule has 4 aromatic rings. The van der Waals surface area contributed by atoms with E-state index in [-0.39, 0.29) is 36.3 Å². The number of benzene rings is 2. The molecule has 8 nitrogen and oxygen atoms in total. The molecule has 0 aliphatic carbocycles. The number of aromatic nitrogens is 4. The lowest BCUT2D eigenvalue weighted by Crippen LogP contribution is -2.33. The van der Waals surface area contributed by atoms with Gasteiger partial charge in [-0.1, -0.05) is 35.0 Å². The molecule has 4 rings (SSSR count). The number of hydrogen-bond donors (Lipinski definition) is 1. The van der Waals surface area contributed by atoms with Gasteiger partial charge in [-0.15, -0.1) is 0 Å². The Morgan fingerprint density at radius 2 is 1.87 bits per heavy atom. The van der Waals surface area contributed by atoms with Crippen LogP contribution in [0.2, 0.25) is 5.02 Å². The summed E-state index contributed by atoms with van der Waals surface area (Å²) in [5.41, 5.74) is 1.07. The topological polar surface area (TPSA) is 103 Å². The Morgan fingerprint density at radius 3 is 2.65 bits per heavy atom. The van der Waals surface area contributed by atoms with Crippen molar-refractivity contribution in [2.24, 2.45) is 0 Å². The molecule has 2 heterocycles. The van der Waals surface area contributed by atoms with Gasteiger partial charge in [0.15, 0.2) is 0 Å². The van der Waals surface area contributed by atoms with Crippen molar-refractivity contribution in [1.82, 2.24) is 25.2 Å². The minimum atomic E-state index is -0.463. The first-order valence-electron chi connectivity index (χ1n) is 9.18. The van der Waals surface area contributed by atoms with Gasteiger partial charge in [0.25, 0.3) is 11.4 Å². The van der Waals surface area contributed by atoms with E-state index in [1.165, 1.54) is 36.4 Å². The van der Waals surface area contributed by atoms with Crippen molar-refractivity contribution in [2.75, 3.05) is 0 Å². The summed E-state index contributed by atoms with van der Waals surface area (Å²) in [5, 5.41) is 11.2. The number of rotatable bonds is 6. The van der Waals surface area contributed by atoms with Gasteiger partial charge in [-0.25, -0.2) is 9.07 Å². The third-order valence-corrected chi connectivity index (χ3v) is 4.71. The van der Waals surface area contributed by atoms with Gasteiger partial charge in [0.1, 0.15) is 18.1 Å². The lowest BCUT2D eigenvalue weighted by molar-refractivity contribution is -0.122. The predicted molar refractivity (Wildman–Crippen MR) is 110 cm³/mol. The largest absolute Gasteiger partial charge is 0.350 e. The van der Waals surface area contributed by atoms with Crippen molar-refractivity contribution in [3.8, 4) is 23.0 Å². The number of carbonyl (C=O) groups excluding carboxylic acids is 1. The highest BCUT2D eigenvalue weighted by Crippen LogP contribution is 2.20. The summed E-state index contributed by atoms with van der Waals surface area (Å²) in [4.78, 5) is 28.6. The number of hydrogen-bond acceptors (Lipinski definition) is 6. The van der Waals surface area contributed by atoms with Crippen LogP contribution < -0.4 is 10.9 Å². The Balaban J connectivity index is 1.48. The van der Waals surface area contributed by atoms with Crippen LogP contribution in [0.4, 0.5) is 4.39 Å². The zero-order chi connectivity index (χ0) is 21.8. The Labute approximate surface area is 180 Å². The normalized spacial score (nSPS) is 10.8. The lowest BCUT2D eigenvalue weighted by atomic mass is 10.2. The minimum absolute atomic E-state index is 0.0598. The van der Waals surface area contributed by atoms with Gasteiger partial charge >= 0.3 is 0 Å². The molecule has 0 radical (unpaired) electrons. The SMILES string of the molecule is O=C(Cn1nc(-c2nc(-c3ccc(F)cc3)no2)ccc1=O)NCc1ccccc1Cl. The van der Waals surface area contributed by atoms with Crippen LogP contribution >= 0.6 is 11.6 Å². The Hall–Kier alpha value is -3.85. The molecule has 0 atom stereocenters. The molecule has 0 saturated heterocycles. The molecule has 0 unspecified atom stereocenters. The van der Waals surface area contributed by atoms with Gasteiger partial charge in [0.2, 0.25) is 11.7 Å². The maximum absolute atomic E-state index is 13.1. The Morgan fingerprint density at radius 1 is 1.10 bits per heavy atom. The van der Waals surface area contributed by atoms with Crippen molar-refractivity contribution < 1.29 is 13.7 Å². The molecule has 0 fully saturated rings. The molecule has 0 aliphatic heterocycles. The standard InChI is InChI=1S/C21H15ClFN5O3/c22-16-4-2-1-3-14(16)11-24-18(29)12-28-19(30)10-9-17(26-28)21-25-20(27-31-21)13-5-7-15(23)8-6-13/h1-10H,11-12H2,(H,24,29). The maximum Gasteiger partial charge on any atom is 0.278 e. The molecule has 0 saturated carbocycles. The number of nitrogens with one attached hydrogen (secondary N) is 1. The van der Waals surface area contributed by atoms with Gasteiger partial charge in [-0.2, -0.15) is 10.1 Å². The van der Waals surface area contributed by atoms with E-state index in [0.29, 0.717) is 10.6 Å². The van der Waals surface area contributed by atoms with E-state index in [9.17, 15) is 14.0 Å². The van der Waals surface area contributed by atoms with E-state index in [1.54, 1.807) is 18.2 Å². The summed E-state index contributed by atoms with van der Waals surface area (Å²) in [6, 6.07) is 15.4. The summed E-state index contributed by atoms with van der Waals surface area (Å²) in [7, 11) is 0. The highest BCUT2D eigenvalue weighted by Gasteiger charge is 2.14. The van der Waals surface area contributed by atoms with Gasteiger partial charge in [-0.3, -0.25) is 9.59 Å². The zero-order valence-corrected chi connectivity index (χ0v) is 16.7. The summed E-state index contributed by atoms with van der Waals surface area (Å²) in [5.74, 6) is -0.491. The maximum atomic E-state index is 13.1. The van der Waals surface area contributed by atoms with Gasteiger partial charge < -0.3 is 9.84 Å². The van der Waals surface area contributed by atoms with Crippen LogP contribution in [0.25, 0.3) is 23.0 Å². The molecule has 0 bridgehead atoms. The monoisotopic (exact) mass is 439 g/mol. The van der Waals surface area contributed by atoms with Crippen molar-refractivity contribution >= 4 is 17.5 Å². The predicted octanol–water partition coefficient (Wildman–Crippen LogP) is 3.07. The number of carbonyl (C=O) groups is 1. The van der Waals surface area contributed by atoms with Crippen LogP contribution in [0, 0.1) is 5.82 Å². The van der Waals surface area contributed by atoms with E-state index in [0.717, 1.165) is 10.2 Å². The van der Waals surface area contributed by atoms with Crippen LogP contribution in [0.1, 0.15) is 5.56 Å². The van der Waals surface area contributed by atoms with Gasteiger partial charge in [0, 0.05) is 23.2 Å². The van der Waals surface area contributed by atoms with E-state index < -0.39 is 11.5 Å². The molecule has 1 N–H and O–H groups in total. The number of nitrogens with zero attached hydrogens (tertiary/aromatic N) is 4. The fraction of sp³-hybridized carbons (Fsp3) is 0.0952. The van der Waals surface area contributed by atoms with E-state index in [1.807, 2.05) is 6.07 Å². The molecular formula is C21H15ClFN5O3. The quantitative estimate of drug-likeness (QED) is 0.495. The molecule has 0 aliphatic rings. The highest BCUT2D eigenvalue weighted by molar-refractivity contribution is 6.31. The molecular weight excluding hydrogens is 425 g/mol. The Bertz CT molecular complexity index is 1290. The molecule has 10 heteroatoms. The van der Waals surface area contributed by atoms with E-state index in [2.05, 4.69) is 20.6 Å². The average Bonchev–Trinajstić information content (AvgIpc) is 3.25. The fourth-order valence-electron chi connectivity index (χ4n) is 2.75. The summed E-state index contributed by atoms with van der Waals surface area (Å²) in [6.45, 7) is -0.0757. The first-order valence-corrected chi connectivity index (χ1v) is 9.56. The third-order valence-electron chi connectivity index (χ3n) is 4.34. The van der Waals surface area contributed by atoms with Crippen LogP contribution in [-0.2, 0) is 17.9 Å². The molecule has 156 valence electrons. The van der Waals surface area contributed by atoms with Crippen LogP contribution in [0.15, 0.2) is 70.0 Å². The Kier molecular flexibility index (Phi) is 5.85. The van der Waals surface area contributed by atoms with Crippen molar-refractivity contribution in [1.29, 1.82) is 0 Å². The zero-order valence-electron chi connectivity index (χ0n) is 16.0. The smallest absolute Gasteiger partial charge is 0.278 e. The second-order valence-corrected chi connectivity index (χ2v) is 6.92. The first-order chi connectivity index (χ1) is 15.0. The fourth-order valence-corrected chi connectivity index (χ4v) is 2.95. The average molecular weight is 440 g/mol. The second-order valence-electron chi connectivity index (χ2n) is 6.51. The van der Waals surface area contributed by atoms with E-state index >= 15 is 0 Å². The summed E-state index contributed by atoms with van der Waals surface area (Å²) in [6.07, 6.45) is 0. The molecule has 1 amide bonds. The van der Waals surface area contributed by atoms with Gasteiger partial charge in [0.05, 0.1) is 0 Å².